The summed E-state index contributed by atoms with van der Waals surface area (Å²) in [6, 6.07) is 7.75. The molecule has 2 atom stereocenters. The largest absolute Gasteiger partial charge is 0.480 e. The fraction of sp³-hybridized carbons (Fsp3) is 0.333. The van der Waals surface area contributed by atoms with Gasteiger partial charge < -0.3 is 14.9 Å². The van der Waals surface area contributed by atoms with Crippen molar-refractivity contribution < 1.29 is 13.5 Å². The summed E-state index contributed by atoms with van der Waals surface area (Å²) in [5, 5.41) is 0. The number of furan rings is 1. The van der Waals surface area contributed by atoms with Crippen molar-refractivity contribution >= 4 is 15.9 Å². The van der Waals surface area contributed by atoms with Crippen molar-refractivity contribution in [2.75, 3.05) is 0 Å². The number of halogens is 2. The molecule has 2 unspecified atom stereocenters. The molecule has 3 nitrogen and oxygen atoms in total. The highest BCUT2D eigenvalue weighted by Crippen LogP contribution is 2.32. The first-order chi connectivity index (χ1) is 9.51. The van der Waals surface area contributed by atoms with E-state index in [1.807, 2.05) is 26.0 Å². The summed E-state index contributed by atoms with van der Waals surface area (Å²) in [5.74, 6) is 1.49. The standard InChI is InChI=1S/C15H17BrFNO2/c1-3-12(18)15(13-7-4-9(2)19-13)20-14-8-10(17)5-6-11(14)16/h4-8,12,15H,3,18H2,1-2H3. The van der Waals surface area contributed by atoms with Gasteiger partial charge in [-0.3, -0.25) is 0 Å². The van der Waals surface area contributed by atoms with Crippen LogP contribution in [0.2, 0.25) is 0 Å². The van der Waals surface area contributed by atoms with Crippen LogP contribution >= 0.6 is 15.9 Å². The Balaban J connectivity index is 2.30. The lowest BCUT2D eigenvalue weighted by molar-refractivity contribution is 0.142. The summed E-state index contributed by atoms with van der Waals surface area (Å²) in [7, 11) is 0. The first-order valence-electron chi connectivity index (χ1n) is 6.45. The maximum absolute atomic E-state index is 13.3. The third kappa shape index (κ3) is 3.41. The summed E-state index contributed by atoms with van der Waals surface area (Å²) >= 11 is 3.34. The van der Waals surface area contributed by atoms with Crippen LogP contribution in [-0.2, 0) is 0 Å². The summed E-state index contributed by atoms with van der Waals surface area (Å²) in [6.45, 7) is 3.83. The molecule has 5 heteroatoms. The molecule has 0 spiro atoms. The molecule has 108 valence electrons. The molecule has 0 saturated carbocycles. The molecule has 20 heavy (non-hydrogen) atoms. The zero-order valence-electron chi connectivity index (χ0n) is 11.4. The van der Waals surface area contributed by atoms with Gasteiger partial charge in [-0.25, -0.2) is 4.39 Å². The van der Waals surface area contributed by atoms with E-state index in [4.69, 9.17) is 14.9 Å². The number of aryl methyl sites for hydroxylation is 1. The predicted octanol–water partition coefficient (Wildman–Crippen LogP) is 4.35. The van der Waals surface area contributed by atoms with Crippen LogP contribution in [0.25, 0.3) is 0 Å². The number of rotatable bonds is 5. The van der Waals surface area contributed by atoms with E-state index in [9.17, 15) is 4.39 Å². The second-order valence-electron chi connectivity index (χ2n) is 4.63. The quantitative estimate of drug-likeness (QED) is 0.879. The first-order valence-corrected chi connectivity index (χ1v) is 7.24. The van der Waals surface area contributed by atoms with Gasteiger partial charge in [0, 0.05) is 12.1 Å². The zero-order valence-corrected chi connectivity index (χ0v) is 13.0. The Labute approximate surface area is 126 Å². The maximum atomic E-state index is 13.3. The third-order valence-corrected chi connectivity index (χ3v) is 3.70. The van der Waals surface area contributed by atoms with Crippen LogP contribution in [0, 0.1) is 12.7 Å². The molecule has 0 amide bonds. The van der Waals surface area contributed by atoms with Crippen LogP contribution in [0.3, 0.4) is 0 Å². The Bertz CT molecular complexity index is 585. The van der Waals surface area contributed by atoms with Gasteiger partial charge in [0.25, 0.3) is 0 Å². The summed E-state index contributed by atoms with van der Waals surface area (Å²) in [4.78, 5) is 0. The SMILES string of the molecule is CCC(N)C(Oc1cc(F)ccc1Br)c1ccc(C)o1. The molecule has 1 aromatic carbocycles. The van der Waals surface area contributed by atoms with E-state index in [-0.39, 0.29) is 11.9 Å². The third-order valence-electron chi connectivity index (χ3n) is 3.05. The van der Waals surface area contributed by atoms with Crippen LogP contribution in [0.4, 0.5) is 4.39 Å². The fourth-order valence-electron chi connectivity index (χ4n) is 1.88. The molecule has 2 N–H and O–H groups in total. The summed E-state index contributed by atoms with van der Waals surface area (Å²) in [5.41, 5.74) is 6.10. The maximum Gasteiger partial charge on any atom is 0.171 e. The number of nitrogens with two attached hydrogens (primary N) is 1. The minimum absolute atomic E-state index is 0.240. The molecule has 0 aliphatic carbocycles. The molecule has 0 fully saturated rings. The summed E-state index contributed by atoms with van der Waals surface area (Å²) in [6.07, 6.45) is 0.268. The van der Waals surface area contributed by atoms with Crippen molar-refractivity contribution in [3.05, 3.63) is 52.1 Å². The first kappa shape index (κ1) is 15.1. The Hall–Kier alpha value is -1.33. The smallest absolute Gasteiger partial charge is 0.171 e. The van der Waals surface area contributed by atoms with E-state index >= 15 is 0 Å². The van der Waals surface area contributed by atoms with Crippen molar-refractivity contribution in [3.8, 4) is 5.75 Å². The number of ether oxygens (including phenoxy) is 1. The van der Waals surface area contributed by atoms with E-state index in [0.717, 1.165) is 12.2 Å². The lowest BCUT2D eigenvalue weighted by Gasteiger charge is -2.23. The van der Waals surface area contributed by atoms with Crippen LogP contribution in [0.15, 0.2) is 39.2 Å². The Morgan fingerprint density at radius 2 is 2.10 bits per heavy atom. The summed E-state index contributed by atoms with van der Waals surface area (Å²) < 4.78 is 25.5. The molecular formula is C15H17BrFNO2. The Morgan fingerprint density at radius 3 is 2.70 bits per heavy atom. The second kappa shape index (κ2) is 6.41. The monoisotopic (exact) mass is 341 g/mol. The van der Waals surface area contributed by atoms with Crippen molar-refractivity contribution in [1.29, 1.82) is 0 Å². The van der Waals surface area contributed by atoms with Crippen LogP contribution in [-0.4, -0.2) is 6.04 Å². The number of hydrogen-bond acceptors (Lipinski definition) is 3. The Kier molecular flexibility index (Phi) is 4.83. The second-order valence-corrected chi connectivity index (χ2v) is 5.49. The van der Waals surface area contributed by atoms with Crippen LogP contribution < -0.4 is 10.5 Å². The zero-order chi connectivity index (χ0) is 14.7. The number of hydrogen-bond donors (Lipinski definition) is 1. The van der Waals surface area contributed by atoms with E-state index in [1.165, 1.54) is 12.1 Å². The van der Waals surface area contributed by atoms with Crippen molar-refractivity contribution in [2.45, 2.75) is 32.4 Å². The minimum atomic E-state index is -0.452. The van der Waals surface area contributed by atoms with E-state index in [1.54, 1.807) is 6.07 Å². The van der Waals surface area contributed by atoms with Crippen LogP contribution in [0.5, 0.6) is 5.75 Å². The van der Waals surface area contributed by atoms with Crippen molar-refractivity contribution in [3.63, 3.8) is 0 Å². The minimum Gasteiger partial charge on any atom is -0.480 e. The topological polar surface area (TPSA) is 48.4 Å². The van der Waals surface area contributed by atoms with E-state index < -0.39 is 6.10 Å². The molecule has 0 aliphatic heterocycles. The highest BCUT2D eigenvalue weighted by Gasteiger charge is 2.24. The van der Waals surface area contributed by atoms with Gasteiger partial charge in [-0.1, -0.05) is 6.92 Å². The van der Waals surface area contributed by atoms with Gasteiger partial charge in [0.2, 0.25) is 0 Å². The molecule has 1 aromatic heterocycles. The van der Waals surface area contributed by atoms with Gasteiger partial charge in [-0.15, -0.1) is 0 Å². The lowest BCUT2D eigenvalue weighted by atomic mass is 10.1. The number of benzene rings is 1. The van der Waals surface area contributed by atoms with Gasteiger partial charge in [0.05, 0.1) is 4.47 Å². The molecule has 0 saturated heterocycles. The average molecular weight is 342 g/mol. The molecule has 0 bridgehead atoms. The van der Waals surface area contributed by atoms with Crippen molar-refractivity contribution in [2.24, 2.45) is 5.73 Å². The fourth-order valence-corrected chi connectivity index (χ4v) is 2.22. The predicted molar refractivity (Wildman–Crippen MR) is 79.2 cm³/mol. The van der Waals surface area contributed by atoms with Gasteiger partial charge in [-0.05, 0) is 53.5 Å². The van der Waals surface area contributed by atoms with E-state index in [0.29, 0.717) is 16.0 Å². The molecule has 0 aliphatic rings. The van der Waals surface area contributed by atoms with Gasteiger partial charge >= 0.3 is 0 Å². The van der Waals surface area contributed by atoms with E-state index in [2.05, 4.69) is 15.9 Å². The highest BCUT2D eigenvalue weighted by atomic mass is 79.9. The normalized spacial score (nSPS) is 14.1. The lowest BCUT2D eigenvalue weighted by Crippen LogP contribution is -2.31. The van der Waals surface area contributed by atoms with Crippen molar-refractivity contribution in [1.82, 2.24) is 0 Å². The van der Waals surface area contributed by atoms with Gasteiger partial charge in [0.15, 0.2) is 6.10 Å². The molecular weight excluding hydrogens is 325 g/mol. The van der Waals surface area contributed by atoms with Crippen LogP contribution in [0.1, 0.15) is 31.0 Å². The van der Waals surface area contributed by atoms with Gasteiger partial charge in [-0.2, -0.15) is 0 Å². The molecule has 0 radical (unpaired) electrons. The van der Waals surface area contributed by atoms with Gasteiger partial charge in [0.1, 0.15) is 23.1 Å². The molecule has 2 rings (SSSR count). The highest BCUT2D eigenvalue weighted by molar-refractivity contribution is 9.10. The molecule has 1 heterocycles. The molecule has 2 aromatic rings. The Morgan fingerprint density at radius 1 is 1.35 bits per heavy atom. The average Bonchev–Trinajstić information content (AvgIpc) is 2.85.